The molecule has 2 aliphatic rings. The molecule has 0 saturated carbocycles. The number of nitrogens with two attached hydrogens (primary N) is 2. The van der Waals surface area contributed by atoms with Gasteiger partial charge in [0.15, 0.2) is 5.96 Å². The number of carboxylic acid groups (broad SMARTS) is 2. The van der Waals surface area contributed by atoms with E-state index in [1.165, 1.54) is 23.6 Å². The highest BCUT2D eigenvalue weighted by Gasteiger charge is 2.41. The van der Waals surface area contributed by atoms with Crippen molar-refractivity contribution in [1.82, 2.24) is 67.9 Å². The van der Waals surface area contributed by atoms with E-state index in [4.69, 9.17) is 33.2 Å². The summed E-state index contributed by atoms with van der Waals surface area (Å²) in [6.45, 7) is 6.93. The fourth-order valence-corrected chi connectivity index (χ4v) is 14.1. The number of carboxylic acids is 2. The molecule has 34 heteroatoms. The Morgan fingerprint density at radius 2 is 0.975 bits per heavy atom. The number of primary amides is 1. The van der Waals surface area contributed by atoms with Gasteiger partial charge < -0.3 is 89.6 Å². The van der Waals surface area contributed by atoms with Gasteiger partial charge in [0.2, 0.25) is 65.0 Å². The summed E-state index contributed by atoms with van der Waals surface area (Å²) in [5.74, 6) is -12.4. The lowest BCUT2D eigenvalue weighted by Crippen LogP contribution is -2.62. The summed E-state index contributed by atoms with van der Waals surface area (Å²) in [6.07, 6.45) is -0.325. The first-order chi connectivity index (χ1) is 56.4. The highest BCUT2D eigenvalue weighted by atomic mass is 35.5. The molecular formula is C84H107ClN16O17. The highest BCUT2D eigenvalue weighted by molar-refractivity contribution is 6.30. The Kier molecular flexibility index (Phi) is 35.4. The molecule has 0 radical (unpaired) electrons. The van der Waals surface area contributed by atoms with Gasteiger partial charge in [0.05, 0.1) is 32.9 Å². The number of hydrogen-bond donors (Lipinski definition) is 16. The zero-order valence-corrected chi connectivity index (χ0v) is 67.2. The number of aliphatic carboxylic acids is 2. The molecule has 2 saturated heterocycles. The standard InChI is InChI=1S/C84H107ClN16O17/c1-50(2)39-64(75(109)92-63(19-11-33-89-84(87)88)83(117)101-34-12-20-71(101)82(116)90-51(3)74(86)108)93-76(110)66(41-55-23-27-58(28-24-55)46-100(47-72(104)105)48-73(106)107)95-78(112)68(42-54-21-25-57(26-22-54)45-99-35-37-118-38-36-99)97-81(115)70(49-102)98-79(113)65(40-53-13-6-5-7-14-53)94-77(111)67(43-56-29-31-61(85)32-30-56)96-80(114)69(91-52(4)103)44-60-17-10-16-59-15-8-9-18-62(59)60/h5-10,13-18,21-32,50-51,63-71,102H,11-12,19-20,33-49H2,1-4H3,(H2,86,108)(H,90,116)(H,91,103)(H,92,109)(H,93,110)(H,94,111)(H,95,112)(H,96,114)(H,97,115)(H,98,113)(H,104,105)(H,106,107)(H4,87,88,89)/t51-,63+,64+,65-,66-,67-,68+,69-,70+,71+/m1/s1. The van der Waals surface area contributed by atoms with Gasteiger partial charge in [-0.3, -0.25) is 77.5 Å². The first-order valence-corrected chi connectivity index (χ1v) is 39.6. The molecule has 0 aromatic heterocycles. The molecule has 0 unspecified atom stereocenters. The van der Waals surface area contributed by atoms with Crippen LogP contribution in [0.25, 0.3) is 10.8 Å². The van der Waals surface area contributed by atoms with Crippen molar-refractivity contribution in [3.8, 4) is 0 Å². The average Bonchev–Trinajstić information content (AvgIpc) is 1.78. The number of carbonyl (C=O) groups excluding carboxylic acids is 11. The van der Waals surface area contributed by atoms with Crippen molar-refractivity contribution in [2.24, 2.45) is 17.4 Å². The zero-order chi connectivity index (χ0) is 85.5. The molecule has 33 nitrogen and oxygen atoms in total. The summed E-state index contributed by atoms with van der Waals surface area (Å²) in [6, 6.07) is 27.3. The van der Waals surface area contributed by atoms with Gasteiger partial charge in [-0.05, 0) is 107 Å². The van der Waals surface area contributed by atoms with Gasteiger partial charge in [0.25, 0.3) is 0 Å². The van der Waals surface area contributed by atoms with E-state index in [-0.39, 0.29) is 89.3 Å². The topological polar surface area (TPSA) is 498 Å². The zero-order valence-electron chi connectivity index (χ0n) is 66.5. The number of carbonyl (C=O) groups is 13. The van der Waals surface area contributed by atoms with E-state index in [1.54, 1.807) is 105 Å². The van der Waals surface area contributed by atoms with Crippen molar-refractivity contribution in [2.45, 2.75) is 165 Å². The van der Waals surface area contributed by atoms with Crippen LogP contribution >= 0.6 is 11.6 Å². The molecule has 0 bridgehead atoms. The summed E-state index contributed by atoms with van der Waals surface area (Å²) < 4.78 is 5.55. The number of fused-ring (bicyclic) bond motifs is 1. The molecule has 11 amide bonds. The minimum atomic E-state index is -1.86. The van der Waals surface area contributed by atoms with Crippen molar-refractivity contribution >= 4 is 105 Å². The average molecular weight is 1650 g/mol. The largest absolute Gasteiger partial charge is 0.480 e. The minimum Gasteiger partial charge on any atom is -0.480 e. The van der Waals surface area contributed by atoms with Gasteiger partial charge >= 0.3 is 11.9 Å². The van der Waals surface area contributed by atoms with E-state index < -0.39 is 157 Å². The summed E-state index contributed by atoms with van der Waals surface area (Å²) in [7, 11) is 0. The van der Waals surface area contributed by atoms with Crippen LogP contribution in [0, 0.1) is 11.3 Å². The molecule has 632 valence electrons. The number of aliphatic hydroxyl groups is 1. The Morgan fingerprint density at radius 1 is 0.525 bits per heavy atom. The maximum Gasteiger partial charge on any atom is 0.317 e. The van der Waals surface area contributed by atoms with Crippen LogP contribution in [-0.2, 0) is 112 Å². The molecule has 10 atom stereocenters. The Morgan fingerprint density at radius 3 is 1.48 bits per heavy atom. The summed E-state index contributed by atoms with van der Waals surface area (Å²) in [5, 5.41) is 67.4. The predicted octanol–water partition coefficient (Wildman–Crippen LogP) is 0.991. The van der Waals surface area contributed by atoms with Gasteiger partial charge in [0, 0.05) is 83.3 Å². The number of hydrogen-bond acceptors (Lipinski definition) is 18. The number of likely N-dealkylation sites (tertiary alicyclic amines) is 1. The highest BCUT2D eigenvalue weighted by Crippen LogP contribution is 2.24. The fraction of sp³-hybridized carbons (Fsp3) is 0.429. The first-order valence-electron chi connectivity index (χ1n) is 39.2. The lowest BCUT2D eigenvalue weighted by molar-refractivity contribution is -0.142. The smallest absolute Gasteiger partial charge is 0.317 e. The van der Waals surface area contributed by atoms with Crippen LogP contribution in [0.3, 0.4) is 0 Å². The number of morpholine rings is 1. The van der Waals surface area contributed by atoms with E-state index in [1.807, 2.05) is 54.6 Å². The van der Waals surface area contributed by atoms with Crippen molar-refractivity contribution in [1.29, 1.82) is 5.41 Å². The van der Waals surface area contributed by atoms with E-state index in [9.17, 15) is 53.7 Å². The summed E-state index contributed by atoms with van der Waals surface area (Å²) in [5.41, 5.74) is 15.1. The quantitative estimate of drug-likeness (QED) is 0.0144. The van der Waals surface area contributed by atoms with Crippen LogP contribution in [-0.4, -0.2) is 232 Å². The Hall–Kier alpha value is -11.9. The van der Waals surface area contributed by atoms with Crippen molar-refractivity contribution < 1.29 is 82.4 Å². The van der Waals surface area contributed by atoms with Crippen LogP contribution < -0.4 is 64.6 Å². The Balaban J connectivity index is 1.11. The SMILES string of the molecule is CC(=O)N[C@H](Cc1cccc2ccccc12)C(=O)N[C@H](Cc1ccc(Cl)cc1)C(=O)N[C@H](Cc1ccccc1)C(=O)N[C@@H](CO)C(=O)N[C@@H](Cc1ccc(CN2CCOCC2)cc1)C(=O)N[C@H](Cc1ccc(CN(CC(=O)O)CC(=O)O)cc1)C(=O)N[C@@H](CC(C)C)C(=O)N[C@@H](CCCNC(=N)N)C(=O)N1CCC[C@H]1C(=O)N[C@H](C)C(N)=O. The second-order valence-electron chi connectivity index (χ2n) is 30.0. The number of benzene rings is 6. The van der Waals surface area contributed by atoms with Gasteiger partial charge in [-0.25, -0.2) is 0 Å². The molecule has 6 aromatic rings. The monoisotopic (exact) mass is 1650 g/mol. The Labute approximate surface area is 689 Å². The second kappa shape index (κ2) is 45.6. The van der Waals surface area contributed by atoms with Crippen molar-refractivity contribution in [3.63, 3.8) is 0 Å². The van der Waals surface area contributed by atoms with E-state index in [0.29, 0.717) is 72.1 Å². The molecule has 2 fully saturated rings. The number of ether oxygens (including phenoxy) is 1. The lowest BCUT2D eigenvalue weighted by Gasteiger charge is -2.31. The summed E-state index contributed by atoms with van der Waals surface area (Å²) in [4.78, 5) is 187. The molecule has 118 heavy (non-hydrogen) atoms. The van der Waals surface area contributed by atoms with Crippen LogP contribution in [0.5, 0.6) is 0 Å². The normalized spacial score (nSPS) is 15.7. The third-order valence-electron chi connectivity index (χ3n) is 20.1. The third-order valence-corrected chi connectivity index (χ3v) is 20.4. The Bertz CT molecular complexity index is 4460. The maximum absolute atomic E-state index is 15.6. The van der Waals surface area contributed by atoms with Crippen molar-refractivity contribution in [2.75, 3.05) is 59.1 Å². The number of nitrogens with zero attached hydrogens (tertiary/aromatic N) is 3. The summed E-state index contributed by atoms with van der Waals surface area (Å²) >= 11 is 6.29. The fourth-order valence-electron chi connectivity index (χ4n) is 14.0. The molecule has 0 aliphatic carbocycles. The lowest BCUT2D eigenvalue weighted by atomic mass is 9.97. The number of aliphatic hydroxyl groups excluding tert-OH is 1. The molecule has 8 rings (SSSR count). The third kappa shape index (κ3) is 29.4. The van der Waals surface area contributed by atoms with Crippen LogP contribution in [0.1, 0.15) is 98.7 Å². The van der Waals surface area contributed by atoms with Crippen molar-refractivity contribution in [3.05, 3.63) is 190 Å². The molecule has 6 aromatic carbocycles. The van der Waals surface area contributed by atoms with E-state index >= 15 is 24.0 Å². The first kappa shape index (κ1) is 91.6. The van der Waals surface area contributed by atoms with Gasteiger partial charge in [-0.2, -0.15) is 0 Å². The van der Waals surface area contributed by atoms with E-state index in [2.05, 4.69) is 58.1 Å². The molecule has 18 N–H and O–H groups in total. The number of guanidine groups is 1. The van der Waals surface area contributed by atoms with E-state index in [0.717, 1.165) is 21.9 Å². The van der Waals surface area contributed by atoms with Crippen LogP contribution in [0.2, 0.25) is 5.02 Å². The van der Waals surface area contributed by atoms with Crippen LogP contribution in [0.15, 0.2) is 146 Å². The van der Waals surface area contributed by atoms with Gasteiger partial charge in [-0.1, -0.05) is 159 Å². The number of nitrogens with one attached hydrogen (secondary N) is 11. The predicted molar refractivity (Wildman–Crippen MR) is 438 cm³/mol. The van der Waals surface area contributed by atoms with Crippen LogP contribution in [0.4, 0.5) is 0 Å². The number of rotatable bonds is 44. The number of amides is 11. The second-order valence-corrected chi connectivity index (χ2v) is 30.5. The minimum absolute atomic E-state index is 0.0182. The maximum atomic E-state index is 15.6. The molecule has 2 aliphatic heterocycles. The molecule has 2 heterocycles. The van der Waals surface area contributed by atoms with Gasteiger partial charge in [-0.15, -0.1) is 0 Å². The molecule has 0 spiro atoms. The number of halogens is 1. The van der Waals surface area contributed by atoms with Gasteiger partial charge in [0.1, 0.15) is 60.4 Å². The molecular weight excluding hydrogens is 1540 g/mol.